The molecule has 2 heterocycles. The van der Waals surface area contributed by atoms with Crippen molar-refractivity contribution in [3.8, 4) is 5.88 Å². The number of ether oxygens (including phenoxy) is 2. The fourth-order valence-electron chi connectivity index (χ4n) is 2.48. The van der Waals surface area contributed by atoms with Gasteiger partial charge in [-0.3, -0.25) is 4.90 Å². The summed E-state index contributed by atoms with van der Waals surface area (Å²) in [6, 6.07) is 3.90. The molecule has 1 aromatic heterocycles. The summed E-state index contributed by atoms with van der Waals surface area (Å²) < 4.78 is 10.9. The first-order valence-electron chi connectivity index (χ1n) is 9.11. The normalized spacial score (nSPS) is 16.1. The van der Waals surface area contributed by atoms with E-state index in [4.69, 9.17) is 9.47 Å². The van der Waals surface area contributed by atoms with Crippen LogP contribution in [-0.4, -0.2) is 67.9 Å². The van der Waals surface area contributed by atoms with E-state index in [2.05, 4.69) is 32.4 Å². The van der Waals surface area contributed by atoms with E-state index >= 15 is 0 Å². The van der Waals surface area contributed by atoms with Crippen LogP contribution in [0.5, 0.6) is 5.88 Å². The number of rotatable bonds is 8. The quantitative estimate of drug-likeness (QED) is 0.544. The molecule has 2 N–H and O–H groups in total. The lowest BCUT2D eigenvalue weighted by molar-refractivity contribution is 0.0389. The molecule has 7 heteroatoms. The summed E-state index contributed by atoms with van der Waals surface area (Å²) in [6.45, 7) is 13.0. The molecule has 0 bridgehead atoms. The van der Waals surface area contributed by atoms with Crippen molar-refractivity contribution in [2.75, 3.05) is 45.9 Å². The average Bonchev–Trinajstić information content (AvgIpc) is 2.61. The van der Waals surface area contributed by atoms with Gasteiger partial charge >= 0.3 is 0 Å². The van der Waals surface area contributed by atoms with E-state index in [0.717, 1.165) is 57.5 Å². The molecular formula is C18H31N5O2. The van der Waals surface area contributed by atoms with Gasteiger partial charge in [-0.1, -0.05) is 6.07 Å². The lowest BCUT2D eigenvalue weighted by atomic mass is 10.3. The van der Waals surface area contributed by atoms with E-state index in [1.165, 1.54) is 0 Å². The zero-order valence-corrected chi connectivity index (χ0v) is 15.6. The average molecular weight is 349 g/mol. The smallest absolute Gasteiger partial charge is 0.213 e. The highest BCUT2D eigenvalue weighted by molar-refractivity contribution is 5.79. The first-order chi connectivity index (χ1) is 12.2. The molecule has 25 heavy (non-hydrogen) atoms. The summed E-state index contributed by atoms with van der Waals surface area (Å²) in [7, 11) is 0. The van der Waals surface area contributed by atoms with Gasteiger partial charge in [-0.15, -0.1) is 0 Å². The fraction of sp³-hybridized carbons (Fsp3) is 0.667. The maximum Gasteiger partial charge on any atom is 0.213 e. The van der Waals surface area contributed by atoms with E-state index in [1.807, 2.05) is 32.2 Å². The Labute approximate surface area is 150 Å². The molecule has 0 spiro atoms. The highest BCUT2D eigenvalue weighted by atomic mass is 16.5. The summed E-state index contributed by atoms with van der Waals surface area (Å²) >= 11 is 0. The molecule has 1 aliphatic rings. The van der Waals surface area contributed by atoms with Crippen LogP contribution in [0.1, 0.15) is 26.3 Å². The molecule has 1 saturated heterocycles. The minimum Gasteiger partial charge on any atom is -0.475 e. The van der Waals surface area contributed by atoms with Crippen LogP contribution >= 0.6 is 0 Å². The van der Waals surface area contributed by atoms with Gasteiger partial charge in [-0.25, -0.2) is 9.98 Å². The van der Waals surface area contributed by atoms with Crippen molar-refractivity contribution in [2.45, 2.75) is 33.4 Å². The van der Waals surface area contributed by atoms with Crippen LogP contribution in [0.3, 0.4) is 0 Å². The topological polar surface area (TPSA) is 71.0 Å². The predicted molar refractivity (Wildman–Crippen MR) is 100 cm³/mol. The molecule has 0 amide bonds. The van der Waals surface area contributed by atoms with Gasteiger partial charge < -0.3 is 20.1 Å². The van der Waals surface area contributed by atoms with Gasteiger partial charge in [0.25, 0.3) is 0 Å². The number of hydrogen-bond donors (Lipinski definition) is 2. The summed E-state index contributed by atoms with van der Waals surface area (Å²) in [4.78, 5) is 11.3. The minimum absolute atomic E-state index is 0.132. The van der Waals surface area contributed by atoms with Crippen molar-refractivity contribution in [2.24, 2.45) is 4.99 Å². The van der Waals surface area contributed by atoms with E-state index in [1.54, 1.807) is 0 Å². The molecule has 1 aliphatic heterocycles. The number of nitrogens with one attached hydrogen (secondary N) is 2. The number of pyridine rings is 1. The third-order valence-electron chi connectivity index (χ3n) is 3.74. The number of nitrogens with zero attached hydrogens (tertiary/aromatic N) is 3. The van der Waals surface area contributed by atoms with Crippen LogP contribution in [-0.2, 0) is 11.3 Å². The molecule has 1 aromatic rings. The predicted octanol–water partition coefficient (Wildman–Crippen LogP) is 1.26. The van der Waals surface area contributed by atoms with Crippen LogP contribution in [0.15, 0.2) is 23.3 Å². The van der Waals surface area contributed by atoms with Gasteiger partial charge in [0.15, 0.2) is 5.96 Å². The summed E-state index contributed by atoms with van der Waals surface area (Å²) in [5.74, 6) is 1.48. The molecule has 0 radical (unpaired) electrons. The second kappa shape index (κ2) is 10.9. The van der Waals surface area contributed by atoms with Gasteiger partial charge in [-0.05, 0) is 26.3 Å². The van der Waals surface area contributed by atoms with Crippen LogP contribution in [0.25, 0.3) is 0 Å². The lowest BCUT2D eigenvalue weighted by Crippen LogP contribution is -2.44. The molecular weight excluding hydrogens is 318 g/mol. The van der Waals surface area contributed by atoms with Gasteiger partial charge in [0, 0.05) is 45.0 Å². The van der Waals surface area contributed by atoms with Crippen molar-refractivity contribution in [3.05, 3.63) is 23.9 Å². The standard InChI is InChI=1S/C18H31N5O2/c1-4-19-18(20-7-8-23-9-11-24-12-10-23)22-14-16-5-6-17(21-13-16)25-15(2)3/h5-6,13,15H,4,7-12,14H2,1-3H3,(H2,19,20,22). The molecule has 0 aromatic carbocycles. The molecule has 1 fully saturated rings. The second-order valence-electron chi connectivity index (χ2n) is 6.25. The number of guanidine groups is 1. The molecule has 2 rings (SSSR count). The second-order valence-corrected chi connectivity index (χ2v) is 6.25. The van der Waals surface area contributed by atoms with E-state index in [-0.39, 0.29) is 6.10 Å². The first-order valence-corrected chi connectivity index (χ1v) is 9.11. The van der Waals surface area contributed by atoms with Crippen molar-refractivity contribution >= 4 is 5.96 Å². The molecule has 7 nitrogen and oxygen atoms in total. The third-order valence-corrected chi connectivity index (χ3v) is 3.74. The van der Waals surface area contributed by atoms with E-state index < -0.39 is 0 Å². The van der Waals surface area contributed by atoms with Gasteiger partial charge in [-0.2, -0.15) is 0 Å². The number of morpholine rings is 1. The Morgan fingerprint density at radius 2 is 2.12 bits per heavy atom. The summed E-state index contributed by atoms with van der Waals surface area (Å²) in [5, 5.41) is 6.67. The Morgan fingerprint density at radius 1 is 1.32 bits per heavy atom. The molecule has 0 saturated carbocycles. The van der Waals surface area contributed by atoms with Crippen molar-refractivity contribution < 1.29 is 9.47 Å². The third kappa shape index (κ3) is 7.70. The van der Waals surface area contributed by atoms with E-state index in [0.29, 0.717) is 12.4 Å². The Morgan fingerprint density at radius 3 is 2.76 bits per heavy atom. The van der Waals surface area contributed by atoms with Crippen LogP contribution in [0.2, 0.25) is 0 Å². The van der Waals surface area contributed by atoms with Crippen molar-refractivity contribution in [3.63, 3.8) is 0 Å². The Balaban J connectivity index is 1.79. The summed E-state index contributed by atoms with van der Waals surface area (Å²) in [6.07, 6.45) is 1.95. The Kier molecular flexibility index (Phi) is 8.48. The monoisotopic (exact) mass is 349 g/mol. The zero-order valence-electron chi connectivity index (χ0n) is 15.6. The summed E-state index contributed by atoms with van der Waals surface area (Å²) in [5.41, 5.74) is 1.06. The highest BCUT2D eigenvalue weighted by Crippen LogP contribution is 2.10. The number of aromatic nitrogens is 1. The SMILES string of the molecule is CCNC(=NCc1ccc(OC(C)C)nc1)NCCN1CCOCC1. The maximum absolute atomic E-state index is 5.56. The van der Waals surface area contributed by atoms with E-state index in [9.17, 15) is 0 Å². The fourth-order valence-corrected chi connectivity index (χ4v) is 2.48. The maximum atomic E-state index is 5.56. The molecule has 0 aliphatic carbocycles. The number of aliphatic imine (C=N–C) groups is 1. The van der Waals surface area contributed by atoms with Crippen molar-refractivity contribution in [1.29, 1.82) is 0 Å². The first kappa shape index (κ1) is 19.5. The molecule has 140 valence electrons. The Bertz CT molecular complexity index is 513. The van der Waals surface area contributed by atoms with Gasteiger partial charge in [0.1, 0.15) is 0 Å². The van der Waals surface area contributed by atoms with Crippen LogP contribution < -0.4 is 15.4 Å². The minimum atomic E-state index is 0.132. The van der Waals surface area contributed by atoms with Crippen LogP contribution in [0, 0.1) is 0 Å². The molecule has 0 unspecified atom stereocenters. The largest absolute Gasteiger partial charge is 0.475 e. The number of hydrogen-bond acceptors (Lipinski definition) is 5. The highest BCUT2D eigenvalue weighted by Gasteiger charge is 2.09. The zero-order chi connectivity index (χ0) is 17.9. The Hall–Kier alpha value is -1.86. The van der Waals surface area contributed by atoms with Crippen molar-refractivity contribution in [1.82, 2.24) is 20.5 Å². The van der Waals surface area contributed by atoms with Crippen LogP contribution in [0.4, 0.5) is 0 Å². The lowest BCUT2D eigenvalue weighted by Gasteiger charge is -2.26. The van der Waals surface area contributed by atoms with Gasteiger partial charge in [0.05, 0.1) is 25.9 Å². The van der Waals surface area contributed by atoms with Gasteiger partial charge in [0.2, 0.25) is 5.88 Å². The molecule has 0 atom stereocenters.